The predicted octanol–water partition coefficient (Wildman–Crippen LogP) is 3.83. The second-order valence-corrected chi connectivity index (χ2v) is 7.61. The lowest BCUT2D eigenvalue weighted by Crippen LogP contribution is -2.27. The van der Waals surface area contributed by atoms with Crippen molar-refractivity contribution in [1.82, 2.24) is 0 Å². The molecule has 1 atom stereocenters. The van der Waals surface area contributed by atoms with Crippen LogP contribution in [0.4, 0.5) is 13.2 Å². The number of hydrogen-bond acceptors (Lipinski definition) is 9. The molecule has 9 nitrogen and oxygen atoms in total. The quantitative estimate of drug-likeness (QED) is 0.282. The molecule has 0 radical (unpaired) electrons. The summed E-state index contributed by atoms with van der Waals surface area (Å²) < 4.78 is 63.6. The SMILES string of the molecule is COC(=O)c1cc(COC(C)(C#CC(F)(F)F)c2ccccc2)c(C(=O)OC)c(C(=O)OC)c1C(=O)OC. The number of methoxy groups -OCH3 is 4. The highest BCUT2D eigenvalue weighted by molar-refractivity contribution is 6.15. The highest BCUT2D eigenvalue weighted by atomic mass is 19.4. The number of carbonyl (C=O) groups is 4. The standard InChI is InChI=1S/C26H23F3O9/c1-25(11-12-26(27,28)29,16-9-7-6-8-10-16)38-14-15-13-17(21(30)34-2)19(23(32)36-4)20(24(33)37-5)18(15)22(31)35-3/h6-10,13H,14H2,1-5H3. The number of ether oxygens (including phenoxy) is 5. The third kappa shape index (κ3) is 6.68. The van der Waals surface area contributed by atoms with Crippen LogP contribution in [0.2, 0.25) is 0 Å². The van der Waals surface area contributed by atoms with Gasteiger partial charge in [-0.05, 0) is 24.1 Å². The highest BCUT2D eigenvalue weighted by Crippen LogP contribution is 2.32. The zero-order valence-corrected chi connectivity index (χ0v) is 21.0. The zero-order valence-electron chi connectivity index (χ0n) is 21.0. The molecule has 0 aliphatic heterocycles. The van der Waals surface area contributed by atoms with Gasteiger partial charge in [0.1, 0.15) is 0 Å². The molecule has 0 saturated carbocycles. The molecule has 2 aromatic carbocycles. The third-order valence-electron chi connectivity index (χ3n) is 5.27. The summed E-state index contributed by atoms with van der Waals surface area (Å²) in [5.74, 6) is -1.37. The van der Waals surface area contributed by atoms with Gasteiger partial charge < -0.3 is 23.7 Å². The minimum Gasteiger partial charge on any atom is -0.465 e. The van der Waals surface area contributed by atoms with Gasteiger partial charge in [0, 0.05) is 5.92 Å². The van der Waals surface area contributed by atoms with Gasteiger partial charge in [-0.15, -0.1) is 0 Å². The average molecular weight is 536 g/mol. The summed E-state index contributed by atoms with van der Waals surface area (Å²) in [7, 11) is 3.93. The molecule has 0 aliphatic carbocycles. The van der Waals surface area contributed by atoms with E-state index in [2.05, 4.69) is 10.7 Å². The van der Waals surface area contributed by atoms with E-state index >= 15 is 0 Å². The third-order valence-corrected chi connectivity index (χ3v) is 5.27. The van der Waals surface area contributed by atoms with E-state index in [0.29, 0.717) is 0 Å². The molecule has 12 heteroatoms. The molecular weight excluding hydrogens is 513 g/mol. The Morgan fingerprint density at radius 3 is 1.74 bits per heavy atom. The maximum Gasteiger partial charge on any atom is 0.457 e. The van der Waals surface area contributed by atoms with Gasteiger partial charge in [0.05, 0.1) is 57.3 Å². The lowest BCUT2D eigenvalue weighted by molar-refractivity contribution is -0.0712. The molecule has 202 valence electrons. The second kappa shape index (κ2) is 12.2. The monoisotopic (exact) mass is 536 g/mol. The minimum absolute atomic E-state index is 0.207. The molecule has 2 aromatic rings. The van der Waals surface area contributed by atoms with Crippen LogP contribution < -0.4 is 0 Å². The lowest BCUT2D eigenvalue weighted by Gasteiger charge is -2.26. The molecular formula is C26H23F3O9. The number of alkyl halides is 3. The largest absolute Gasteiger partial charge is 0.465 e. The van der Waals surface area contributed by atoms with Crippen LogP contribution >= 0.6 is 0 Å². The molecule has 38 heavy (non-hydrogen) atoms. The van der Waals surface area contributed by atoms with Crippen molar-refractivity contribution in [2.45, 2.75) is 25.3 Å². The molecule has 0 aliphatic rings. The summed E-state index contributed by atoms with van der Waals surface area (Å²) >= 11 is 0. The van der Waals surface area contributed by atoms with Crippen LogP contribution in [-0.4, -0.2) is 58.5 Å². The van der Waals surface area contributed by atoms with Gasteiger partial charge in [-0.1, -0.05) is 36.3 Å². The molecule has 0 spiro atoms. The van der Waals surface area contributed by atoms with Crippen LogP contribution in [0.3, 0.4) is 0 Å². The Hall–Kier alpha value is -4.37. The van der Waals surface area contributed by atoms with Crippen molar-refractivity contribution in [3.63, 3.8) is 0 Å². The van der Waals surface area contributed by atoms with Crippen LogP contribution in [0, 0.1) is 11.8 Å². The fourth-order valence-electron chi connectivity index (χ4n) is 3.44. The molecule has 2 rings (SSSR count). The van der Waals surface area contributed by atoms with Crippen molar-refractivity contribution < 1.29 is 56.0 Å². The Balaban J connectivity index is 2.86. The first-order valence-electron chi connectivity index (χ1n) is 10.7. The van der Waals surface area contributed by atoms with Crippen molar-refractivity contribution in [2.24, 2.45) is 0 Å². The van der Waals surface area contributed by atoms with E-state index in [-0.39, 0.29) is 11.1 Å². The normalized spacial score (nSPS) is 12.3. The predicted molar refractivity (Wildman–Crippen MR) is 124 cm³/mol. The first-order valence-corrected chi connectivity index (χ1v) is 10.7. The number of esters is 4. The summed E-state index contributed by atoms with van der Waals surface area (Å²) in [5, 5.41) is 0. The number of hydrogen-bond donors (Lipinski definition) is 0. The second-order valence-electron chi connectivity index (χ2n) is 7.61. The highest BCUT2D eigenvalue weighted by Gasteiger charge is 2.36. The molecule has 0 saturated heterocycles. The lowest BCUT2D eigenvalue weighted by atomic mass is 9.90. The molecule has 1 unspecified atom stereocenters. The van der Waals surface area contributed by atoms with Gasteiger partial charge in [-0.25, -0.2) is 19.2 Å². The number of carbonyl (C=O) groups excluding carboxylic acids is 4. The first-order chi connectivity index (χ1) is 17.8. The van der Waals surface area contributed by atoms with Gasteiger partial charge in [-0.2, -0.15) is 13.2 Å². The Kier molecular flexibility index (Phi) is 9.62. The minimum atomic E-state index is -4.84. The summed E-state index contributed by atoms with van der Waals surface area (Å²) in [6.45, 7) is 0.599. The van der Waals surface area contributed by atoms with E-state index in [1.807, 2.05) is 0 Å². The van der Waals surface area contributed by atoms with Crippen molar-refractivity contribution in [2.75, 3.05) is 28.4 Å². The van der Waals surface area contributed by atoms with Crippen LogP contribution in [0.1, 0.15) is 59.5 Å². The summed E-state index contributed by atoms with van der Waals surface area (Å²) in [6, 6.07) is 8.72. The zero-order chi connectivity index (χ0) is 28.7. The van der Waals surface area contributed by atoms with Crippen molar-refractivity contribution in [1.29, 1.82) is 0 Å². The fourth-order valence-corrected chi connectivity index (χ4v) is 3.44. The van der Waals surface area contributed by atoms with Crippen LogP contribution in [0.25, 0.3) is 0 Å². The molecule has 0 fully saturated rings. The van der Waals surface area contributed by atoms with E-state index in [1.165, 1.54) is 25.0 Å². The maximum atomic E-state index is 13.0. The van der Waals surface area contributed by atoms with Crippen LogP contribution in [0.15, 0.2) is 36.4 Å². The van der Waals surface area contributed by atoms with E-state index in [1.54, 1.807) is 18.2 Å². The molecule has 0 N–H and O–H groups in total. The van der Waals surface area contributed by atoms with Gasteiger partial charge in [-0.3, -0.25) is 0 Å². The summed E-state index contributed by atoms with van der Waals surface area (Å²) in [4.78, 5) is 50.8. The molecule has 0 bridgehead atoms. The summed E-state index contributed by atoms with van der Waals surface area (Å²) in [6.07, 6.45) is -4.84. The van der Waals surface area contributed by atoms with E-state index < -0.39 is 64.5 Å². The van der Waals surface area contributed by atoms with Crippen molar-refractivity contribution >= 4 is 23.9 Å². The smallest absolute Gasteiger partial charge is 0.457 e. The van der Waals surface area contributed by atoms with Gasteiger partial charge in [0.25, 0.3) is 0 Å². The summed E-state index contributed by atoms with van der Waals surface area (Å²) in [5.41, 5.74) is -4.19. The van der Waals surface area contributed by atoms with Gasteiger partial charge in [0.15, 0.2) is 5.60 Å². The Bertz CT molecular complexity index is 1290. The van der Waals surface area contributed by atoms with Gasteiger partial charge >= 0.3 is 30.1 Å². The van der Waals surface area contributed by atoms with Crippen molar-refractivity contribution in [3.8, 4) is 11.8 Å². The van der Waals surface area contributed by atoms with Crippen molar-refractivity contribution in [3.05, 3.63) is 69.8 Å². The fraction of sp³-hybridized carbons (Fsp3) is 0.308. The first kappa shape index (κ1) is 29.9. The van der Waals surface area contributed by atoms with Crippen LogP contribution in [-0.2, 0) is 35.9 Å². The Morgan fingerprint density at radius 1 is 0.737 bits per heavy atom. The number of benzene rings is 2. The van der Waals surface area contributed by atoms with E-state index in [4.69, 9.17) is 18.9 Å². The molecule has 0 amide bonds. The van der Waals surface area contributed by atoms with E-state index in [0.717, 1.165) is 34.5 Å². The average Bonchev–Trinajstić information content (AvgIpc) is 2.92. The number of halogens is 3. The Morgan fingerprint density at radius 2 is 1.24 bits per heavy atom. The van der Waals surface area contributed by atoms with Crippen LogP contribution in [0.5, 0.6) is 0 Å². The van der Waals surface area contributed by atoms with Gasteiger partial charge in [0.2, 0.25) is 0 Å². The number of rotatable bonds is 8. The topological polar surface area (TPSA) is 114 Å². The maximum absolute atomic E-state index is 13.0. The molecule has 0 aromatic heterocycles. The Labute approximate surface area is 215 Å². The van der Waals surface area contributed by atoms with E-state index in [9.17, 15) is 32.3 Å². The molecule has 0 heterocycles.